The Hall–Kier alpha value is -1.44. The van der Waals surface area contributed by atoms with Gasteiger partial charge in [-0.05, 0) is 56.3 Å². The predicted octanol–water partition coefficient (Wildman–Crippen LogP) is 3.75. The van der Waals surface area contributed by atoms with Crippen molar-refractivity contribution in [3.05, 3.63) is 29.3 Å². The molecule has 1 aromatic rings. The third-order valence-electron chi connectivity index (χ3n) is 6.90. The summed E-state index contributed by atoms with van der Waals surface area (Å²) in [5.74, 6) is 0.758. The van der Waals surface area contributed by atoms with Crippen molar-refractivity contribution in [2.24, 2.45) is 5.92 Å². The van der Waals surface area contributed by atoms with Crippen molar-refractivity contribution in [2.75, 3.05) is 45.8 Å². The summed E-state index contributed by atoms with van der Waals surface area (Å²) in [5, 5.41) is 0. The van der Waals surface area contributed by atoms with Gasteiger partial charge in [0.2, 0.25) is 10.0 Å². The van der Waals surface area contributed by atoms with Gasteiger partial charge in [0, 0.05) is 44.8 Å². The van der Waals surface area contributed by atoms with Gasteiger partial charge in [-0.1, -0.05) is 39.2 Å². The molecule has 1 amide bonds. The number of hydrogen-bond donors (Lipinski definition) is 0. The van der Waals surface area contributed by atoms with Gasteiger partial charge in [0.25, 0.3) is 5.91 Å². The Labute approximate surface area is 188 Å². The number of nitrogens with zero attached hydrogens (tertiary/aromatic N) is 3. The predicted molar refractivity (Wildman–Crippen MR) is 125 cm³/mol. The third-order valence-corrected chi connectivity index (χ3v) is 8.95. The van der Waals surface area contributed by atoms with Crippen LogP contribution in [0, 0.1) is 12.8 Å². The average molecular weight is 450 g/mol. The van der Waals surface area contributed by atoms with E-state index in [9.17, 15) is 13.2 Å². The minimum atomic E-state index is -3.58. The van der Waals surface area contributed by atoms with E-state index < -0.39 is 10.0 Å². The van der Waals surface area contributed by atoms with Gasteiger partial charge in [-0.3, -0.25) is 4.79 Å². The van der Waals surface area contributed by atoms with Crippen LogP contribution in [0.3, 0.4) is 0 Å². The minimum Gasteiger partial charge on any atom is -0.337 e. The summed E-state index contributed by atoms with van der Waals surface area (Å²) < 4.78 is 27.3. The van der Waals surface area contributed by atoms with Crippen molar-refractivity contribution in [1.82, 2.24) is 14.1 Å². The molecule has 0 bridgehead atoms. The van der Waals surface area contributed by atoms with Crippen LogP contribution >= 0.6 is 0 Å². The zero-order valence-electron chi connectivity index (χ0n) is 19.5. The molecule has 6 nitrogen and oxygen atoms in total. The molecule has 2 aliphatic rings. The molecule has 0 unspecified atom stereocenters. The van der Waals surface area contributed by atoms with Crippen LogP contribution < -0.4 is 0 Å². The SMILES string of the molecule is CCN(CC)S(=O)(=O)c1ccc(C)c(C(=O)N2CCCN(CC3CCCCC3)CC2)c1. The molecule has 1 heterocycles. The van der Waals surface area contributed by atoms with Crippen LogP contribution in [0.4, 0.5) is 0 Å². The topological polar surface area (TPSA) is 60.9 Å². The Morgan fingerprint density at radius 1 is 1.00 bits per heavy atom. The molecule has 0 atom stereocenters. The first-order valence-corrected chi connectivity index (χ1v) is 13.4. The molecule has 1 aliphatic heterocycles. The molecule has 1 saturated heterocycles. The van der Waals surface area contributed by atoms with Gasteiger partial charge in [-0.15, -0.1) is 0 Å². The highest BCUT2D eigenvalue weighted by atomic mass is 32.2. The van der Waals surface area contributed by atoms with Crippen LogP contribution in [0.2, 0.25) is 0 Å². The van der Waals surface area contributed by atoms with Crippen molar-refractivity contribution in [1.29, 1.82) is 0 Å². The van der Waals surface area contributed by atoms with Gasteiger partial charge in [0.15, 0.2) is 0 Å². The number of hydrogen-bond acceptors (Lipinski definition) is 4. The number of carbonyl (C=O) groups is 1. The van der Waals surface area contributed by atoms with Crippen molar-refractivity contribution in [3.8, 4) is 0 Å². The Bertz CT molecular complexity index is 846. The maximum Gasteiger partial charge on any atom is 0.254 e. The van der Waals surface area contributed by atoms with E-state index in [1.807, 2.05) is 25.7 Å². The number of sulfonamides is 1. The normalized spacial score (nSPS) is 19.5. The molecule has 0 radical (unpaired) electrons. The van der Waals surface area contributed by atoms with E-state index in [0.717, 1.165) is 44.1 Å². The molecule has 31 heavy (non-hydrogen) atoms. The number of rotatable bonds is 7. The lowest BCUT2D eigenvalue weighted by Crippen LogP contribution is -2.37. The summed E-state index contributed by atoms with van der Waals surface area (Å²) in [5.41, 5.74) is 1.33. The maximum atomic E-state index is 13.4. The molecular weight excluding hydrogens is 410 g/mol. The second-order valence-corrected chi connectivity index (χ2v) is 11.0. The van der Waals surface area contributed by atoms with E-state index in [1.54, 1.807) is 18.2 Å². The standard InChI is InChI=1S/C24H39N3O3S/c1-4-27(5-2)31(29,30)22-13-12-20(3)23(18-22)24(28)26-15-9-14-25(16-17-26)19-21-10-7-6-8-11-21/h12-13,18,21H,4-11,14-17,19H2,1-3H3. The first-order chi connectivity index (χ1) is 14.9. The first kappa shape index (κ1) is 24.2. The van der Waals surface area contributed by atoms with Crippen LogP contribution in [-0.2, 0) is 10.0 Å². The average Bonchev–Trinajstić information content (AvgIpc) is 3.00. The maximum absolute atomic E-state index is 13.4. The molecule has 0 aromatic heterocycles. The number of carbonyl (C=O) groups excluding carboxylic acids is 1. The van der Waals surface area contributed by atoms with Crippen molar-refractivity contribution in [2.45, 2.75) is 64.2 Å². The Kier molecular flexibility index (Phi) is 8.53. The summed E-state index contributed by atoms with van der Waals surface area (Å²) in [7, 11) is -3.58. The highest BCUT2D eigenvalue weighted by Crippen LogP contribution is 2.25. The number of aryl methyl sites for hydroxylation is 1. The van der Waals surface area contributed by atoms with E-state index in [1.165, 1.54) is 36.4 Å². The first-order valence-electron chi connectivity index (χ1n) is 12.0. The van der Waals surface area contributed by atoms with Gasteiger partial charge >= 0.3 is 0 Å². The number of benzene rings is 1. The van der Waals surface area contributed by atoms with Crippen molar-refractivity contribution < 1.29 is 13.2 Å². The van der Waals surface area contributed by atoms with E-state index in [0.29, 0.717) is 25.2 Å². The highest BCUT2D eigenvalue weighted by molar-refractivity contribution is 7.89. The fraction of sp³-hybridized carbons (Fsp3) is 0.708. The zero-order valence-corrected chi connectivity index (χ0v) is 20.3. The molecule has 174 valence electrons. The monoisotopic (exact) mass is 449 g/mol. The van der Waals surface area contributed by atoms with Crippen LogP contribution in [0.1, 0.15) is 68.3 Å². The fourth-order valence-electron chi connectivity index (χ4n) is 4.97. The lowest BCUT2D eigenvalue weighted by molar-refractivity contribution is 0.0759. The minimum absolute atomic E-state index is 0.0476. The summed E-state index contributed by atoms with van der Waals surface area (Å²) in [6.07, 6.45) is 7.73. The molecule has 7 heteroatoms. The molecule has 0 spiro atoms. The fourth-order valence-corrected chi connectivity index (χ4v) is 6.45. The van der Waals surface area contributed by atoms with Crippen LogP contribution in [0.25, 0.3) is 0 Å². The van der Waals surface area contributed by atoms with E-state index in [-0.39, 0.29) is 10.8 Å². The second kappa shape index (κ2) is 10.9. The summed E-state index contributed by atoms with van der Waals surface area (Å²) >= 11 is 0. The third kappa shape index (κ3) is 5.88. The largest absolute Gasteiger partial charge is 0.337 e. The zero-order chi connectivity index (χ0) is 22.4. The quantitative estimate of drug-likeness (QED) is 0.636. The van der Waals surface area contributed by atoms with E-state index >= 15 is 0 Å². The van der Waals surface area contributed by atoms with Gasteiger partial charge in [-0.2, -0.15) is 4.31 Å². The number of amides is 1. The smallest absolute Gasteiger partial charge is 0.254 e. The Balaban J connectivity index is 1.70. The Morgan fingerprint density at radius 2 is 1.71 bits per heavy atom. The summed E-state index contributed by atoms with van der Waals surface area (Å²) in [6.45, 7) is 10.9. The van der Waals surface area contributed by atoms with Crippen LogP contribution in [0.5, 0.6) is 0 Å². The summed E-state index contributed by atoms with van der Waals surface area (Å²) in [6, 6.07) is 4.96. The van der Waals surface area contributed by atoms with Gasteiger partial charge in [0.1, 0.15) is 0 Å². The molecular formula is C24H39N3O3S. The van der Waals surface area contributed by atoms with E-state index in [4.69, 9.17) is 0 Å². The second-order valence-electron chi connectivity index (χ2n) is 9.02. The lowest BCUT2D eigenvalue weighted by Gasteiger charge is -2.29. The lowest BCUT2D eigenvalue weighted by atomic mass is 9.89. The molecule has 1 aliphatic carbocycles. The molecule has 3 rings (SSSR count). The highest BCUT2D eigenvalue weighted by Gasteiger charge is 2.27. The van der Waals surface area contributed by atoms with Crippen molar-refractivity contribution >= 4 is 15.9 Å². The molecule has 0 N–H and O–H groups in total. The Morgan fingerprint density at radius 3 is 2.39 bits per heavy atom. The summed E-state index contributed by atoms with van der Waals surface area (Å²) in [4.78, 5) is 18.0. The van der Waals surface area contributed by atoms with Gasteiger partial charge in [0.05, 0.1) is 4.90 Å². The van der Waals surface area contributed by atoms with Gasteiger partial charge in [-0.25, -0.2) is 8.42 Å². The molecule has 1 aromatic carbocycles. The molecule has 2 fully saturated rings. The van der Waals surface area contributed by atoms with Crippen LogP contribution in [0.15, 0.2) is 23.1 Å². The van der Waals surface area contributed by atoms with Crippen molar-refractivity contribution in [3.63, 3.8) is 0 Å². The molecule has 1 saturated carbocycles. The van der Waals surface area contributed by atoms with Crippen LogP contribution in [-0.4, -0.2) is 74.2 Å². The van der Waals surface area contributed by atoms with E-state index in [2.05, 4.69) is 4.90 Å². The van der Waals surface area contributed by atoms with Gasteiger partial charge < -0.3 is 9.80 Å².